The number of para-hydroxylation sites is 1. The van der Waals surface area contributed by atoms with E-state index in [0.717, 1.165) is 25.9 Å². The molecule has 2 aliphatic heterocycles. The van der Waals surface area contributed by atoms with Crippen LogP contribution >= 0.6 is 0 Å². The molecule has 0 spiro atoms. The van der Waals surface area contributed by atoms with Crippen LogP contribution in [-0.4, -0.2) is 45.6 Å². The monoisotopic (exact) mass is 280 g/mol. The van der Waals surface area contributed by atoms with Gasteiger partial charge in [-0.2, -0.15) is 0 Å². The van der Waals surface area contributed by atoms with Crippen LogP contribution < -0.4 is 10.2 Å². The van der Waals surface area contributed by atoms with E-state index in [1.54, 1.807) is 0 Å². The highest BCUT2D eigenvalue weighted by molar-refractivity contribution is 7.91. The van der Waals surface area contributed by atoms with E-state index in [2.05, 4.69) is 34.5 Å². The number of nitrogens with zero attached hydrogens (tertiary/aromatic N) is 1. The minimum Gasteiger partial charge on any atom is -0.371 e. The van der Waals surface area contributed by atoms with Gasteiger partial charge in [0.1, 0.15) is 0 Å². The molecule has 3 rings (SSSR count). The highest BCUT2D eigenvalue weighted by Crippen LogP contribution is 2.27. The Balaban J connectivity index is 1.59. The molecule has 2 heterocycles. The molecule has 19 heavy (non-hydrogen) atoms. The number of benzene rings is 1. The second kappa shape index (κ2) is 5.13. The van der Waals surface area contributed by atoms with Crippen LogP contribution in [0.1, 0.15) is 12.0 Å². The molecule has 0 aromatic heterocycles. The van der Waals surface area contributed by atoms with E-state index in [1.165, 1.54) is 11.3 Å². The van der Waals surface area contributed by atoms with Gasteiger partial charge in [-0.1, -0.05) is 18.2 Å². The van der Waals surface area contributed by atoms with E-state index >= 15 is 0 Å². The van der Waals surface area contributed by atoms with Gasteiger partial charge in [-0.05, 0) is 24.5 Å². The van der Waals surface area contributed by atoms with Crippen molar-refractivity contribution in [3.63, 3.8) is 0 Å². The predicted octanol–water partition coefficient (Wildman–Crippen LogP) is 0.826. The largest absolute Gasteiger partial charge is 0.371 e. The third-order valence-corrected chi connectivity index (χ3v) is 5.77. The summed E-state index contributed by atoms with van der Waals surface area (Å²) in [6.07, 6.45) is 2.00. The number of fused-ring (bicyclic) bond motifs is 1. The molecule has 1 unspecified atom stereocenters. The van der Waals surface area contributed by atoms with Crippen LogP contribution in [-0.2, 0) is 16.3 Å². The van der Waals surface area contributed by atoms with Gasteiger partial charge in [0.25, 0.3) is 0 Å². The second-order valence-electron chi connectivity index (χ2n) is 5.42. The van der Waals surface area contributed by atoms with E-state index in [0.29, 0.717) is 12.3 Å². The molecular formula is C14H20N2O2S. The Morgan fingerprint density at radius 3 is 3.00 bits per heavy atom. The van der Waals surface area contributed by atoms with Crippen molar-refractivity contribution in [2.75, 3.05) is 36.0 Å². The van der Waals surface area contributed by atoms with Crippen molar-refractivity contribution >= 4 is 15.5 Å². The molecule has 4 nitrogen and oxygen atoms in total. The molecule has 1 fully saturated rings. The van der Waals surface area contributed by atoms with Crippen LogP contribution in [0.15, 0.2) is 24.3 Å². The lowest BCUT2D eigenvalue weighted by atomic mass is 10.2. The zero-order chi connectivity index (χ0) is 13.3. The van der Waals surface area contributed by atoms with Crippen molar-refractivity contribution < 1.29 is 8.42 Å². The quantitative estimate of drug-likeness (QED) is 0.891. The lowest BCUT2D eigenvalue weighted by Gasteiger charge is -2.27. The van der Waals surface area contributed by atoms with Crippen LogP contribution in [0.5, 0.6) is 0 Å². The molecule has 0 saturated carbocycles. The average Bonchev–Trinajstić information content (AvgIpc) is 2.78. The van der Waals surface area contributed by atoms with E-state index in [9.17, 15) is 8.42 Å². The maximum atomic E-state index is 11.6. The fourth-order valence-electron chi connectivity index (χ4n) is 3.00. The number of sulfone groups is 1. The summed E-state index contributed by atoms with van der Waals surface area (Å²) < 4.78 is 23.2. The number of hydrogen-bond acceptors (Lipinski definition) is 4. The van der Waals surface area contributed by atoms with Crippen molar-refractivity contribution in [3.8, 4) is 0 Å². The molecule has 2 aliphatic rings. The molecule has 1 N–H and O–H groups in total. The number of nitrogens with one attached hydrogen (secondary N) is 1. The molecule has 0 aliphatic carbocycles. The maximum absolute atomic E-state index is 11.6. The summed E-state index contributed by atoms with van der Waals surface area (Å²) in [5.74, 6) is 0.582. The van der Waals surface area contributed by atoms with Crippen molar-refractivity contribution in [2.24, 2.45) is 0 Å². The molecule has 0 radical (unpaired) electrons. The van der Waals surface area contributed by atoms with Gasteiger partial charge < -0.3 is 10.2 Å². The summed E-state index contributed by atoms with van der Waals surface area (Å²) >= 11 is 0. The van der Waals surface area contributed by atoms with Crippen LogP contribution in [0, 0.1) is 0 Å². The zero-order valence-electron chi connectivity index (χ0n) is 11.0. The van der Waals surface area contributed by atoms with Gasteiger partial charge in [-0.25, -0.2) is 8.42 Å². The van der Waals surface area contributed by atoms with Gasteiger partial charge in [0.2, 0.25) is 0 Å². The topological polar surface area (TPSA) is 49.4 Å². The Bertz CT molecular complexity index is 556. The molecule has 5 heteroatoms. The SMILES string of the molecule is O=S1(=O)CCNC(CCN2CCc3ccccc32)C1. The standard InChI is InChI=1S/C14H20N2O2S/c17-19(18)10-7-15-13(11-19)6-9-16-8-5-12-3-1-2-4-14(12)16/h1-4,13,15H,5-11H2. The molecule has 1 atom stereocenters. The third-order valence-electron chi connectivity index (χ3n) is 4.03. The Morgan fingerprint density at radius 1 is 1.32 bits per heavy atom. The van der Waals surface area contributed by atoms with Gasteiger partial charge in [0, 0.05) is 31.4 Å². The summed E-state index contributed by atoms with van der Waals surface area (Å²) in [6, 6.07) is 8.61. The average molecular weight is 280 g/mol. The first-order chi connectivity index (χ1) is 9.14. The molecule has 1 aromatic carbocycles. The first kappa shape index (κ1) is 12.9. The number of anilines is 1. The normalized spacial score (nSPS) is 25.3. The van der Waals surface area contributed by atoms with Crippen LogP contribution in [0.25, 0.3) is 0 Å². The first-order valence-electron chi connectivity index (χ1n) is 6.91. The summed E-state index contributed by atoms with van der Waals surface area (Å²) in [4.78, 5) is 2.37. The Labute approximate surface area is 114 Å². The first-order valence-corrected chi connectivity index (χ1v) is 8.73. The summed E-state index contributed by atoms with van der Waals surface area (Å²) in [5, 5.41) is 3.32. The Morgan fingerprint density at radius 2 is 2.16 bits per heavy atom. The minimum absolute atomic E-state index is 0.117. The Kier molecular flexibility index (Phi) is 3.50. The third kappa shape index (κ3) is 2.92. The van der Waals surface area contributed by atoms with Crippen molar-refractivity contribution in [1.82, 2.24) is 5.32 Å². The molecule has 0 bridgehead atoms. The number of rotatable bonds is 3. The number of hydrogen-bond donors (Lipinski definition) is 1. The molecular weight excluding hydrogens is 260 g/mol. The zero-order valence-corrected chi connectivity index (χ0v) is 11.8. The maximum Gasteiger partial charge on any atom is 0.153 e. The van der Waals surface area contributed by atoms with Gasteiger partial charge in [-0.15, -0.1) is 0 Å². The van der Waals surface area contributed by atoms with E-state index in [4.69, 9.17) is 0 Å². The molecule has 0 amide bonds. The molecule has 1 saturated heterocycles. The van der Waals surface area contributed by atoms with Crippen molar-refractivity contribution in [1.29, 1.82) is 0 Å². The molecule has 104 valence electrons. The molecule has 1 aromatic rings. The van der Waals surface area contributed by atoms with Gasteiger partial charge in [-0.3, -0.25) is 0 Å². The second-order valence-corrected chi connectivity index (χ2v) is 7.65. The smallest absolute Gasteiger partial charge is 0.153 e. The lowest BCUT2D eigenvalue weighted by Crippen LogP contribution is -2.46. The Hall–Kier alpha value is -1.07. The van der Waals surface area contributed by atoms with Gasteiger partial charge in [0.05, 0.1) is 11.5 Å². The van der Waals surface area contributed by atoms with Gasteiger partial charge >= 0.3 is 0 Å². The van der Waals surface area contributed by atoms with Crippen LogP contribution in [0.3, 0.4) is 0 Å². The predicted molar refractivity (Wildman–Crippen MR) is 77.4 cm³/mol. The van der Waals surface area contributed by atoms with Crippen LogP contribution in [0.2, 0.25) is 0 Å². The highest BCUT2D eigenvalue weighted by Gasteiger charge is 2.25. The lowest BCUT2D eigenvalue weighted by molar-refractivity contribution is 0.494. The van der Waals surface area contributed by atoms with Crippen molar-refractivity contribution in [3.05, 3.63) is 29.8 Å². The fourth-order valence-corrected chi connectivity index (χ4v) is 4.50. The van der Waals surface area contributed by atoms with Crippen LogP contribution in [0.4, 0.5) is 5.69 Å². The van der Waals surface area contributed by atoms with Gasteiger partial charge in [0.15, 0.2) is 9.84 Å². The fraction of sp³-hybridized carbons (Fsp3) is 0.571. The minimum atomic E-state index is -2.82. The summed E-state index contributed by atoms with van der Waals surface area (Å²) in [7, 11) is -2.82. The summed E-state index contributed by atoms with van der Waals surface area (Å²) in [5.41, 5.74) is 2.73. The highest BCUT2D eigenvalue weighted by atomic mass is 32.2. The van der Waals surface area contributed by atoms with E-state index < -0.39 is 9.84 Å². The van der Waals surface area contributed by atoms with E-state index in [-0.39, 0.29) is 11.8 Å². The van der Waals surface area contributed by atoms with E-state index in [1.807, 2.05) is 0 Å². The van der Waals surface area contributed by atoms with Crippen molar-refractivity contribution in [2.45, 2.75) is 18.9 Å². The summed E-state index contributed by atoms with van der Waals surface area (Å²) in [6.45, 7) is 2.59.